The molecule has 2 aromatic rings. The van der Waals surface area contributed by atoms with Crippen LogP contribution in [0.25, 0.3) is 11.0 Å². The molecule has 1 saturated carbocycles. The Hall–Kier alpha value is -2.78. The Morgan fingerprint density at radius 2 is 2.00 bits per heavy atom. The predicted molar refractivity (Wildman–Crippen MR) is 153 cm³/mol. The predicted octanol–water partition coefficient (Wildman–Crippen LogP) is 4.86. The molecule has 0 bridgehead atoms. The zero-order chi connectivity index (χ0) is 27.1. The maximum atomic E-state index is 14.8. The van der Waals surface area contributed by atoms with E-state index >= 15 is 0 Å². The van der Waals surface area contributed by atoms with E-state index in [1.54, 1.807) is 26.2 Å². The number of anilines is 1. The lowest BCUT2D eigenvalue weighted by Crippen LogP contribution is -2.38. The number of allylic oxidation sites excluding steroid dienone is 1. The number of Topliss-reactive ketones (excluding diaryl/α,β-unsaturated/α-hetero) is 1. The second-order valence-corrected chi connectivity index (χ2v) is 11.0. The van der Waals surface area contributed by atoms with E-state index in [9.17, 15) is 14.0 Å². The van der Waals surface area contributed by atoms with Crippen molar-refractivity contribution in [2.24, 2.45) is 18.0 Å². The molecule has 0 aliphatic heterocycles. The Bertz CT molecular complexity index is 1260. The zero-order valence-corrected chi connectivity index (χ0v) is 23.3. The Balaban J connectivity index is 1.54. The average molecular weight is 528 g/mol. The molecule has 2 aromatic heterocycles. The second-order valence-electron chi connectivity index (χ2n) is 10.0. The summed E-state index contributed by atoms with van der Waals surface area (Å²) in [7, 11) is 3.55. The summed E-state index contributed by atoms with van der Waals surface area (Å²) in [5.41, 5.74) is 3.28. The van der Waals surface area contributed by atoms with E-state index in [0.717, 1.165) is 48.4 Å². The van der Waals surface area contributed by atoms with Gasteiger partial charge in [-0.05, 0) is 64.0 Å². The number of hydrogen-bond acceptors (Lipinski definition) is 7. The molecule has 9 heteroatoms. The highest BCUT2D eigenvalue weighted by molar-refractivity contribution is 8.03. The minimum absolute atomic E-state index is 0.131. The maximum absolute atomic E-state index is 14.8. The lowest BCUT2D eigenvalue weighted by Gasteiger charge is -2.33. The molecule has 0 atom stereocenters. The van der Waals surface area contributed by atoms with Crippen LogP contribution in [0.15, 0.2) is 51.4 Å². The van der Waals surface area contributed by atoms with Gasteiger partial charge in [-0.15, -0.1) is 11.8 Å². The van der Waals surface area contributed by atoms with E-state index in [1.807, 2.05) is 25.8 Å². The summed E-state index contributed by atoms with van der Waals surface area (Å²) in [5, 5.41) is 3.61. The van der Waals surface area contributed by atoms with Crippen molar-refractivity contribution < 1.29 is 9.18 Å². The number of ketones is 1. The van der Waals surface area contributed by atoms with Crippen LogP contribution < -0.4 is 15.8 Å². The number of rotatable bonds is 11. The summed E-state index contributed by atoms with van der Waals surface area (Å²) >= 11 is 1.47. The Morgan fingerprint density at radius 3 is 2.65 bits per heavy atom. The third-order valence-corrected chi connectivity index (χ3v) is 8.04. The summed E-state index contributed by atoms with van der Waals surface area (Å²) in [6.07, 6.45) is 7.22. The number of aryl methyl sites for hydroxylation is 1. The van der Waals surface area contributed by atoms with Gasteiger partial charge in [0.15, 0.2) is 5.82 Å². The highest BCUT2D eigenvalue weighted by atomic mass is 32.2. The van der Waals surface area contributed by atoms with Crippen molar-refractivity contribution in [1.29, 1.82) is 0 Å². The molecule has 0 radical (unpaired) electrons. The van der Waals surface area contributed by atoms with Crippen LogP contribution in [0.2, 0.25) is 0 Å². The fraction of sp³-hybridized carbons (Fsp3) is 0.500. The molecule has 0 aromatic carbocycles. The Kier molecular flexibility index (Phi) is 10.2. The number of carbonyl (C=O) groups excluding carboxylic acids is 1. The first-order valence-corrected chi connectivity index (χ1v) is 13.7. The summed E-state index contributed by atoms with van der Waals surface area (Å²) in [4.78, 5) is 35.0. The first-order chi connectivity index (χ1) is 17.6. The molecule has 200 valence electrons. The van der Waals surface area contributed by atoms with Gasteiger partial charge < -0.3 is 14.8 Å². The smallest absolute Gasteiger partial charge is 0.250 e. The van der Waals surface area contributed by atoms with Crippen molar-refractivity contribution >= 4 is 40.0 Å². The number of nitrogens with zero attached hydrogens (tertiary/aromatic N) is 4. The highest BCUT2D eigenvalue weighted by Gasteiger charge is 2.24. The van der Waals surface area contributed by atoms with E-state index in [4.69, 9.17) is 0 Å². The second kappa shape index (κ2) is 13.1. The molecular weight excluding hydrogens is 489 g/mol. The Labute approximate surface area is 222 Å². The van der Waals surface area contributed by atoms with Crippen molar-refractivity contribution in [1.82, 2.24) is 14.9 Å². The fourth-order valence-electron chi connectivity index (χ4n) is 4.66. The maximum Gasteiger partial charge on any atom is 0.250 e. The largest absolute Gasteiger partial charge is 0.370 e. The average Bonchev–Trinajstić information content (AvgIpc) is 2.85. The number of halogens is 1. The van der Waals surface area contributed by atoms with Crippen LogP contribution in [0.3, 0.4) is 0 Å². The number of aliphatic imine (C=N–C) groups is 1. The number of hydrogen-bond donors (Lipinski definition) is 1. The third kappa shape index (κ3) is 7.85. The van der Waals surface area contributed by atoms with Crippen molar-refractivity contribution in [2.45, 2.75) is 52.5 Å². The fourth-order valence-corrected chi connectivity index (χ4v) is 5.39. The van der Waals surface area contributed by atoms with Crippen LogP contribution in [0, 0.1) is 11.7 Å². The van der Waals surface area contributed by atoms with Crippen molar-refractivity contribution in [3.05, 3.63) is 57.8 Å². The molecule has 1 fully saturated rings. The molecule has 0 unspecified atom stereocenters. The Morgan fingerprint density at radius 1 is 1.30 bits per heavy atom. The van der Waals surface area contributed by atoms with E-state index in [1.165, 1.54) is 28.6 Å². The summed E-state index contributed by atoms with van der Waals surface area (Å²) in [6, 6.07) is 3.53. The van der Waals surface area contributed by atoms with Crippen molar-refractivity contribution in [3.8, 4) is 0 Å². The van der Waals surface area contributed by atoms with Gasteiger partial charge in [-0.3, -0.25) is 19.6 Å². The van der Waals surface area contributed by atoms with Crippen LogP contribution in [0.4, 0.5) is 10.1 Å². The van der Waals surface area contributed by atoms with Crippen molar-refractivity contribution in [3.63, 3.8) is 0 Å². The number of nitrogens with one attached hydrogen (secondary N) is 1. The van der Waals surface area contributed by atoms with E-state index in [2.05, 4.69) is 21.9 Å². The monoisotopic (exact) mass is 527 g/mol. The van der Waals surface area contributed by atoms with Gasteiger partial charge in [-0.2, -0.15) is 0 Å². The molecule has 1 aliphatic carbocycles. The van der Waals surface area contributed by atoms with Gasteiger partial charge >= 0.3 is 0 Å². The number of thioether (sulfide) groups is 1. The van der Waals surface area contributed by atoms with Gasteiger partial charge in [0, 0.05) is 56.1 Å². The summed E-state index contributed by atoms with van der Waals surface area (Å²) < 4.78 is 16.3. The quantitative estimate of drug-likeness (QED) is 0.332. The molecule has 0 saturated heterocycles. The normalized spacial score (nSPS) is 18.8. The first kappa shape index (κ1) is 28.8. The van der Waals surface area contributed by atoms with Crippen LogP contribution in [0.5, 0.6) is 0 Å². The summed E-state index contributed by atoms with van der Waals surface area (Å²) in [6.45, 7) is 10.9. The molecule has 0 amide bonds. The van der Waals surface area contributed by atoms with Crippen LogP contribution in [-0.2, 0) is 11.8 Å². The van der Waals surface area contributed by atoms with Gasteiger partial charge in [-0.1, -0.05) is 6.58 Å². The van der Waals surface area contributed by atoms with Crippen LogP contribution >= 0.6 is 11.8 Å². The van der Waals surface area contributed by atoms with Crippen LogP contribution in [-0.4, -0.2) is 53.0 Å². The zero-order valence-electron chi connectivity index (χ0n) is 22.5. The molecule has 0 spiro atoms. The molecule has 7 nitrogen and oxygen atoms in total. The molecule has 1 aliphatic rings. The molecule has 2 heterocycles. The topological polar surface area (TPSA) is 79.6 Å². The summed E-state index contributed by atoms with van der Waals surface area (Å²) in [5.74, 6) is 0.586. The minimum atomic E-state index is -0.412. The van der Waals surface area contributed by atoms with E-state index in [-0.39, 0.29) is 11.3 Å². The lowest BCUT2D eigenvalue weighted by molar-refractivity contribution is -0.114. The highest BCUT2D eigenvalue weighted by Crippen LogP contribution is 2.30. The van der Waals surface area contributed by atoms with Gasteiger partial charge in [-0.25, -0.2) is 4.39 Å². The molecular formula is C28H38FN5O2S. The SMILES string of the molecule is C=C(C)/C(=C\N=C(/C)CN[C@H]1CC[C@H](CN(C)c2c(F)cnc3ccc(=O)n(C)c23)CC1)SCC(C)=O. The molecule has 3 rings (SSSR count). The van der Waals surface area contributed by atoms with Crippen LogP contribution in [0.1, 0.15) is 46.5 Å². The standard InChI is InChI=1S/C28H38FN5O2S/c1-18(2)25(37-17-20(4)35)15-30-19(3)13-31-22-9-7-21(8-10-22)16-33(5)27-23(29)14-32-24-11-12-26(36)34(6)28(24)27/h11-12,14-15,21-22,31H,1,7-10,13,16-17H2,2-6H3/b25-15+,30-19+/t21-,22-. The van der Waals surface area contributed by atoms with Gasteiger partial charge in [0.2, 0.25) is 0 Å². The number of pyridine rings is 2. The van der Waals surface area contributed by atoms with Gasteiger partial charge in [0.25, 0.3) is 5.56 Å². The molecule has 1 N–H and O–H groups in total. The number of carbonyl (C=O) groups is 1. The van der Waals surface area contributed by atoms with Crippen molar-refractivity contribution in [2.75, 3.05) is 30.8 Å². The number of aromatic nitrogens is 2. The van der Waals surface area contributed by atoms with Gasteiger partial charge in [0.05, 0.1) is 23.0 Å². The first-order valence-electron chi connectivity index (χ1n) is 12.7. The van der Waals surface area contributed by atoms with E-state index in [0.29, 0.717) is 41.0 Å². The van der Waals surface area contributed by atoms with Gasteiger partial charge in [0.1, 0.15) is 11.5 Å². The third-order valence-electron chi connectivity index (χ3n) is 6.72. The number of fused-ring (bicyclic) bond motifs is 1. The molecule has 37 heavy (non-hydrogen) atoms. The lowest BCUT2D eigenvalue weighted by atomic mass is 9.85. The van der Waals surface area contributed by atoms with E-state index < -0.39 is 5.82 Å². The minimum Gasteiger partial charge on any atom is -0.370 e.